The van der Waals surface area contributed by atoms with E-state index >= 15 is 0 Å². The van der Waals surface area contributed by atoms with Crippen molar-refractivity contribution in [2.24, 2.45) is 0 Å². The molecule has 1 aromatic rings. The number of nitrogens with one attached hydrogen (secondary N) is 1. The molecule has 0 spiro atoms. The van der Waals surface area contributed by atoms with Gasteiger partial charge in [0, 0.05) is 5.69 Å². The number of nitrogens with zero attached hydrogens (tertiary/aromatic N) is 1. The second-order valence-electron chi connectivity index (χ2n) is 2.65. The fraction of sp³-hybridized carbons (Fsp3) is 0.375. The average molecular weight is 150 g/mol. The minimum Gasteiger partial charge on any atom is -0.372 e. The maximum Gasteiger partial charge on any atom is 0.166 e. The van der Waals surface area contributed by atoms with E-state index < -0.39 is 5.60 Å². The molecule has 0 saturated carbocycles. The lowest BCUT2D eigenvalue weighted by molar-refractivity contribution is 0.117. The van der Waals surface area contributed by atoms with Crippen LogP contribution in [0.1, 0.15) is 18.3 Å². The fourth-order valence-corrected chi connectivity index (χ4v) is 0.741. The van der Waals surface area contributed by atoms with E-state index in [2.05, 4.69) is 16.1 Å². The van der Waals surface area contributed by atoms with E-state index in [0.717, 1.165) is 5.69 Å². The van der Waals surface area contributed by atoms with E-state index in [1.165, 1.54) is 6.92 Å². The maximum absolute atomic E-state index is 9.49. The number of terminal acetylenes is 1. The highest BCUT2D eigenvalue weighted by Gasteiger charge is 2.22. The lowest BCUT2D eigenvalue weighted by Gasteiger charge is -2.11. The molecule has 1 heterocycles. The Morgan fingerprint density at radius 2 is 2.45 bits per heavy atom. The van der Waals surface area contributed by atoms with Crippen LogP contribution in [-0.4, -0.2) is 15.3 Å². The number of aromatic nitrogens is 2. The number of aryl methyl sites for hydroxylation is 1. The third-order valence-electron chi connectivity index (χ3n) is 1.49. The first kappa shape index (κ1) is 7.83. The molecule has 0 aliphatic rings. The second kappa shape index (κ2) is 2.40. The van der Waals surface area contributed by atoms with Crippen molar-refractivity contribution in [2.45, 2.75) is 19.4 Å². The van der Waals surface area contributed by atoms with Gasteiger partial charge < -0.3 is 5.11 Å². The summed E-state index contributed by atoms with van der Waals surface area (Å²) in [5.41, 5.74) is 0.109. The van der Waals surface area contributed by atoms with Crippen LogP contribution in [0.3, 0.4) is 0 Å². The molecule has 1 rings (SSSR count). The number of hydrogen-bond donors (Lipinski definition) is 2. The van der Waals surface area contributed by atoms with Gasteiger partial charge in [-0.2, -0.15) is 5.10 Å². The standard InChI is InChI=1S/C8H10N2O/c1-4-8(3,11)7-5-6(2)9-10-7/h1,5,11H,2-3H3,(H,9,10). The highest BCUT2D eigenvalue weighted by molar-refractivity contribution is 5.23. The van der Waals surface area contributed by atoms with Gasteiger partial charge in [-0.15, -0.1) is 6.42 Å². The lowest BCUT2D eigenvalue weighted by atomic mass is 10.0. The Morgan fingerprint density at radius 1 is 1.82 bits per heavy atom. The van der Waals surface area contributed by atoms with Crippen LogP contribution >= 0.6 is 0 Å². The molecule has 1 atom stereocenters. The van der Waals surface area contributed by atoms with Gasteiger partial charge in [0.2, 0.25) is 0 Å². The smallest absolute Gasteiger partial charge is 0.166 e. The molecule has 11 heavy (non-hydrogen) atoms. The Bertz CT molecular complexity index is 293. The first-order valence-electron chi connectivity index (χ1n) is 3.29. The maximum atomic E-state index is 9.49. The Kier molecular flexibility index (Phi) is 1.71. The van der Waals surface area contributed by atoms with Crippen molar-refractivity contribution in [1.82, 2.24) is 10.2 Å². The predicted molar refractivity (Wildman–Crippen MR) is 41.7 cm³/mol. The van der Waals surface area contributed by atoms with Gasteiger partial charge in [-0.05, 0) is 19.9 Å². The zero-order chi connectivity index (χ0) is 8.48. The van der Waals surface area contributed by atoms with Crippen molar-refractivity contribution in [3.63, 3.8) is 0 Å². The third-order valence-corrected chi connectivity index (χ3v) is 1.49. The van der Waals surface area contributed by atoms with Crippen LogP contribution in [0.2, 0.25) is 0 Å². The van der Waals surface area contributed by atoms with Gasteiger partial charge in [-0.3, -0.25) is 5.10 Å². The van der Waals surface area contributed by atoms with Gasteiger partial charge in [-0.25, -0.2) is 0 Å². The molecule has 0 bridgehead atoms. The largest absolute Gasteiger partial charge is 0.372 e. The van der Waals surface area contributed by atoms with Gasteiger partial charge in [0.25, 0.3) is 0 Å². The van der Waals surface area contributed by atoms with E-state index in [9.17, 15) is 5.11 Å². The van der Waals surface area contributed by atoms with Crippen molar-refractivity contribution >= 4 is 0 Å². The molecule has 1 aromatic heterocycles. The molecule has 0 amide bonds. The SMILES string of the molecule is C#CC(C)(O)c1cc(C)[nH]n1. The van der Waals surface area contributed by atoms with E-state index in [4.69, 9.17) is 6.42 Å². The lowest BCUT2D eigenvalue weighted by Crippen LogP contribution is -2.18. The summed E-state index contributed by atoms with van der Waals surface area (Å²) < 4.78 is 0. The van der Waals surface area contributed by atoms with E-state index in [-0.39, 0.29) is 0 Å². The Balaban J connectivity index is 3.04. The first-order chi connectivity index (χ1) is 5.06. The predicted octanol–water partition coefficient (Wildman–Crippen LogP) is 0.559. The number of H-pyrrole nitrogens is 1. The summed E-state index contributed by atoms with van der Waals surface area (Å²) in [4.78, 5) is 0. The van der Waals surface area contributed by atoms with Crippen molar-refractivity contribution in [3.8, 4) is 12.3 Å². The minimum atomic E-state index is -1.26. The Hall–Kier alpha value is -1.27. The van der Waals surface area contributed by atoms with Crippen LogP contribution < -0.4 is 0 Å². The summed E-state index contributed by atoms with van der Waals surface area (Å²) in [6.07, 6.45) is 5.09. The number of aromatic amines is 1. The fourth-order valence-electron chi connectivity index (χ4n) is 0.741. The molecule has 1 unspecified atom stereocenters. The number of rotatable bonds is 1. The third kappa shape index (κ3) is 1.41. The molecule has 2 N–H and O–H groups in total. The van der Waals surface area contributed by atoms with Gasteiger partial charge in [0.05, 0.1) is 0 Å². The average Bonchev–Trinajstić information content (AvgIpc) is 2.36. The molecule has 3 nitrogen and oxygen atoms in total. The minimum absolute atomic E-state index is 0.484. The number of hydrogen-bond acceptors (Lipinski definition) is 2. The molecule has 0 aliphatic heterocycles. The van der Waals surface area contributed by atoms with Crippen molar-refractivity contribution < 1.29 is 5.11 Å². The van der Waals surface area contributed by atoms with Crippen LogP contribution in [0.4, 0.5) is 0 Å². The summed E-state index contributed by atoms with van der Waals surface area (Å²) in [5.74, 6) is 2.24. The summed E-state index contributed by atoms with van der Waals surface area (Å²) in [7, 11) is 0. The first-order valence-corrected chi connectivity index (χ1v) is 3.29. The molecule has 58 valence electrons. The van der Waals surface area contributed by atoms with Crippen molar-refractivity contribution in [1.29, 1.82) is 0 Å². The van der Waals surface area contributed by atoms with Gasteiger partial charge in [0.1, 0.15) is 5.69 Å². The summed E-state index contributed by atoms with van der Waals surface area (Å²) in [6.45, 7) is 3.38. The highest BCUT2D eigenvalue weighted by Crippen LogP contribution is 2.16. The van der Waals surface area contributed by atoms with Gasteiger partial charge in [-0.1, -0.05) is 5.92 Å². The van der Waals surface area contributed by atoms with Crippen LogP contribution in [0.5, 0.6) is 0 Å². The monoisotopic (exact) mass is 150 g/mol. The van der Waals surface area contributed by atoms with E-state index in [0.29, 0.717) is 5.69 Å². The normalized spacial score (nSPS) is 15.5. The Labute approximate surface area is 65.4 Å². The summed E-state index contributed by atoms with van der Waals surface area (Å²) >= 11 is 0. The van der Waals surface area contributed by atoms with Gasteiger partial charge in [0.15, 0.2) is 5.60 Å². The van der Waals surface area contributed by atoms with Crippen LogP contribution in [-0.2, 0) is 5.60 Å². The van der Waals surface area contributed by atoms with Crippen molar-refractivity contribution in [2.75, 3.05) is 0 Å². The summed E-state index contributed by atoms with van der Waals surface area (Å²) in [6, 6.07) is 1.72. The molecule has 3 heteroatoms. The molecule has 0 aromatic carbocycles. The van der Waals surface area contributed by atoms with E-state index in [1.54, 1.807) is 6.07 Å². The Morgan fingerprint density at radius 3 is 2.82 bits per heavy atom. The topological polar surface area (TPSA) is 48.9 Å². The molecule has 0 radical (unpaired) electrons. The zero-order valence-corrected chi connectivity index (χ0v) is 6.55. The molecule has 0 fully saturated rings. The molecule has 0 aliphatic carbocycles. The number of aliphatic hydroxyl groups is 1. The zero-order valence-electron chi connectivity index (χ0n) is 6.55. The molecular weight excluding hydrogens is 140 g/mol. The molecule has 0 saturated heterocycles. The van der Waals surface area contributed by atoms with Gasteiger partial charge >= 0.3 is 0 Å². The highest BCUT2D eigenvalue weighted by atomic mass is 16.3. The van der Waals surface area contributed by atoms with E-state index in [1.807, 2.05) is 6.92 Å². The van der Waals surface area contributed by atoms with Crippen LogP contribution in [0.15, 0.2) is 6.07 Å². The summed E-state index contributed by atoms with van der Waals surface area (Å²) in [5, 5.41) is 16.0. The molecular formula is C8H10N2O. The second-order valence-corrected chi connectivity index (χ2v) is 2.65. The van der Waals surface area contributed by atoms with Crippen molar-refractivity contribution in [3.05, 3.63) is 17.5 Å². The quantitative estimate of drug-likeness (QED) is 0.574. The van der Waals surface area contributed by atoms with Crippen LogP contribution in [0.25, 0.3) is 0 Å². The van der Waals surface area contributed by atoms with Crippen LogP contribution in [0, 0.1) is 19.3 Å².